The standard InChI is InChI=1S/C18H28N6O2/c1-14(16(25)22-15-6-3-2-4-7-15)21-18(26)24-12-10-23(11-13-24)17-19-8-5-9-20-17/h5,8-9,14-15H,2-4,6-7,10-13H2,1H3,(H,21,26)(H,22,25)/t14-/m0/s1. The van der Waals surface area contributed by atoms with E-state index in [0.717, 1.165) is 12.8 Å². The largest absolute Gasteiger partial charge is 0.352 e. The predicted molar refractivity (Wildman–Crippen MR) is 98.8 cm³/mol. The SMILES string of the molecule is C[C@H](NC(=O)N1CCN(c2ncccn2)CC1)C(=O)NC1CCCCC1. The van der Waals surface area contributed by atoms with Crippen molar-refractivity contribution >= 4 is 17.9 Å². The van der Waals surface area contributed by atoms with E-state index in [1.807, 2.05) is 0 Å². The number of urea groups is 1. The number of nitrogens with zero attached hydrogens (tertiary/aromatic N) is 4. The van der Waals surface area contributed by atoms with Gasteiger partial charge in [0.25, 0.3) is 0 Å². The van der Waals surface area contributed by atoms with Crippen LogP contribution in [0.15, 0.2) is 18.5 Å². The Morgan fingerprint density at radius 2 is 1.73 bits per heavy atom. The van der Waals surface area contributed by atoms with Crippen LogP contribution >= 0.6 is 0 Å². The van der Waals surface area contributed by atoms with Gasteiger partial charge in [-0.05, 0) is 25.8 Å². The zero-order valence-electron chi connectivity index (χ0n) is 15.4. The van der Waals surface area contributed by atoms with E-state index in [1.54, 1.807) is 30.3 Å². The van der Waals surface area contributed by atoms with Crippen molar-refractivity contribution in [1.29, 1.82) is 0 Å². The van der Waals surface area contributed by atoms with Crippen molar-refractivity contribution in [3.05, 3.63) is 18.5 Å². The summed E-state index contributed by atoms with van der Waals surface area (Å²) in [6.45, 7) is 4.27. The van der Waals surface area contributed by atoms with E-state index in [1.165, 1.54) is 19.3 Å². The lowest BCUT2D eigenvalue weighted by Gasteiger charge is -2.35. The van der Waals surface area contributed by atoms with Gasteiger partial charge in [-0.3, -0.25) is 4.79 Å². The van der Waals surface area contributed by atoms with Crippen molar-refractivity contribution in [2.75, 3.05) is 31.1 Å². The number of amides is 3. The molecular formula is C18H28N6O2. The van der Waals surface area contributed by atoms with Gasteiger partial charge in [0, 0.05) is 44.6 Å². The topological polar surface area (TPSA) is 90.5 Å². The normalized spacial score (nSPS) is 19.7. The summed E-state index contributed by atoms with van der Waals surface area (Å²) >= 11 is 0. The Balaban J connectivity index is 1.42. The van der Waals surface area contributed by atoms with E-state index in [4.69, 9.17) is 0 Å². The fraction of sp³-hybridized carbons (Fsp3) is 0.667. The van der Waals surface area contributed by atoms with Crippen molar-refractivity contribution < 1.29 is 9.59 Å². The predicted octanol–water partition coefficient (Wildman–Crippen LogP) is 1.15. The lowest BCUT2D eigenvalue weighted by Crippen LogP contribution is -2.56. The van der Waals surface area contributed by atoms with Gasteiger partial charge in [0.15, 0.2) is 0 Å². The van der Waals surface area contributed by atoms with Gasteiger partial charge >= 0.3 is 6.03 Å². The van der Waals surface area contributed by atoms with Gasteiger partial charge in [0.1, 0.15) is 6.04 Å². The number of piperazine rings is 1. The molecule has 1 aromatic heterocycles. The molecule has 0 aromatic carbocycles. The molecule has 8 nitrogen and oxygen atoms in total. The molecule has 1 saturated carbocycles. The van der Waals surface area contributed by atoms with Gasteiger partial charge in [0.2, 0.25) is 11.9 Å². The summed E-state index contributed by atoms with van der Waals surface area (Å²) in [4.78, 5) is 37.0. The van der Waals surface area contributed by atoms with E-state index < -0.39 is 6.04 Å². The van der Waals surface area contributed by atoms with E-state index in [0.29, 0.717) is 32.1 Å². The van der Waals surface area contributed by atoms with Crippen molar-refractivity contribution in [2.45, 2.75) is 51.1 Å². The van der Waals surface area contributed by atoms with Gasteiger partial charge in [-0.2, -0.15) is 0 Å². The minimum Gasteiger partial charge on any atom is -0.352 e. The van der Waals surface area contributed by atoms with E-state index in [2.05, 4.69) is 25.5 Å². The van der Waals surface area contributed by atoms with Crippen molar-refractivity contribution in [1.82, 2.24) is 25.5 Å². The Kier molecular flexibility index (Phi) is 6.25. The Morgan fingerprint density at radius 3 is 2.38 bits per heavy atom. The summed E-state index contributed by atoms with van der Waals surface area (Å²) in [5.74, 6) is 0.592. The maximum Gasteiger partial charge on any atom is 0.318 e. The molecule has 2 aliphatic rings. The van der Waals surface area contributed by atoms with Crippen LogP contribution < -0.4 is 15.5 Å². The zero-order valence-corrected chi connectivity index (χ0v) is 15.4. The molecule has 0 radical (unpaired) electrons. The molecule has 8 heteroatoms. The van der Waals surface area contributed by atoms with Gasteiger partial charge in [0.05, 0.1) is 0 Å². The Morgan fingerprint density at radius 1 is 1.08 bits per heavy atom. The fourth-order valence-corrected chi connectivity index (χ4v) is 3.48. The summed E-state index contributed by atoms with van der Waals surface area (Å²) < 4.78 is 0. The van der Waals surface area contributed by atoms with Crippen molar-refractivity contribution in [2.24, 2.45) is 0 Å². The number of carbonyl (C=O) groups is 2. The van der Waals surface area contributed by atoms with Crippen molar-refractivity contribution in [3.8, 4) is 0 Å². The van der Waals surface area contributed by atoms with Crippen molar-refractivity contribution in [3.63, 3.8) is 0 Å². The number of anilines is 1. The molecule has 0 bridgehead atoms. The maximum absolute atomic E-state index is 12.4. The second kappa shape index (κ2) is 8.82. The van der Waals surface area contributed by atoms with Gasteiger partial charge in [-0.15, -0.1) is 0 Å². The minimum absolute atomic E-state index is 0.0958. The molecule has 1 aliphatic heterocycles. The molecule has 3 rings (SSSR count). The molecule has 1 atom stereocenters. The molecule has 142 valence electrons. The van der Waals surface area contributed by atoms with Gasteiger partial charge in [-0.1, -0.05) is 19.3 Å². The third kappa shape index (κ3) is 4.83. The molecule has 0 spiro atoms. The molecule has 3 amide bonds. The van der Waals surface area contributed by atoms with Crippen LogP contribution in [0.2, 0.25) is 0 Å². The number of nitrogens with one attached hydrogen (secondary N) is 2. The highest BCUT2D eigenvalue weighted by atomic mass is 16.2. The van der Waals surface area contributed by atoms with Crippen LogP contribution in [0.5, 0.6) is 0 Å². The first-order valence-electron chi connectivity index (χ1n) is 9.51. The van der Waals surface area contributed by atoms with E-state index >= 15 is 0 Å². The molecule has 1 aliphatic carbocycles. The molecule has 0 unspecified atom stereocenters. The molecule has 2 fully saturated rings. The smallest absolute Gasteiger partial charge is 0.318 e. The highest BCUT2D eigenvalue weighted by molar-refractivity contribution is 5.86. The lowest BCUT2D eigenvalue weighted by molar-refractivity contribution is -0.123. The first-order valence-corrected chi connectivity index (χ1v) is 9.51. The second-order valence-electron chi connectivity index (χ2n) is 7.04. The highest BCUT2D eigenvalue weighted by Crippen LogP contribution is 2.17. The molecule has 1 aromatic rings. The highest BCUT2D eigenvalue weighted by Gasteiger charge is 2.26. The monoisotopic (exact) mass is 360 g/mol. The summed E-state index contributed by atoms with van der Waals surface area (Å²) in [6.07, 6.45) is 9.09. The third-order valence-electron chi connectivity index (χ3n) is 5.09. The van der Waals surface area contributed by atoms with Gasteiger partial charge in [-0.25, -0.2) is 14.8 Å². The summed E-state index contributed by atoms with van der Waals surface area (Å²) in [5, 5.41) is 5.88. The van der Waals surface area contributed by atoms with Gasteiger partial charge < -0.3 is 20.4 Å². The Labute approximate surface area is 154 Å². The summed E-state index contributed by atoms with van der Waals surface area (Å²) in [5.41, 5.74) is 0. The number of carbonyl (C=O) groups excluding carboxylic acids is 2. The number of rotatable bonds is 4. The molecular weight excluding hydrogens is 332 g/mol. The number of hydrogen-bond donors (Lipinski definition) is 2. The maximum atomic E-state index is 12.4. The zero-order chi connectivity index (χ0) is 18.4. The fourth-order valence-electron chi connectivity index (χ4n) is 3.48. The molecule has 2 heterocycles. The number of hydrogen-bond acceptors (Lipinski definition) is 5. The Hall–Kier alpha value is -2.38. The first kappa shape index (κ1) is 18.4. The van der Waals surface area contributed by atoms with Crippen LogP contribution in [0.25, 0.3) is 0 Å². The summed E-state index contributed by atoms with van der Waals surface area (Å²) in [7, 11) is 0. The van der Waals surface area contributed by atoms with Crippen LogP contribution in [0.1, 0.15) is 39.0 Å². The second-order valence-corrected chi connectivity index (χ2v) is 7.04. The van der Waals surface area contributed by atoms with Crippen LogP contribution in [0.3, 0.4) is 0 Å². The average molecular weight is 360 g/mol. The molecule has 2 N–H and O–H groups in total. The average Bonchev–Trinajstić information content (AvgIpc) is 2.69. The van der Waals surface area contributed by atoms with Crippen LogP contribution in [0.4, 0.5) is 10.7 Å². The molecule has 1 saturated heterocycles. The van der Waals surface area contributed by atoms with E-state index in [-0.39, 0.29) is 18.0 Å². The summed E-state index contributed by atoms with van der Waals surface area (Å²) in [6, 6.07) is 1.32. The Bertz CT molecular complexity index is 597. The van der Waals surface area contributed by atoms with E-state index in [9.17, 15) is 9.59 Å². The van der Waals surface area contributed by atoms with Crippen LogP contribution in [-0.4, -0.2) is 65.1 Å². The minimum atomic E-state index is -0.528. The first-order chi connectivity index (χ1) is 12.6. The molecule has 26 heavy (non-hydrogen) atoms. The third-order valence-corrected chi connectivity index (χ3v) is 5.09. The van der Waals surface area contributed by atoms with Crippen LogP contribution in [-0.2, 0) is 4.79 Å². The lowest BCUT2D eigenvalue weighted by atomic mass is 9.95. The number of aromatic nitrogens is 2. The van der Waals surface area contributed by atoms with Crippen LogP contribution in [0, 0.1) is 0 Å². The quantitative estimate of drug-likeness (QED) is 0.840.